The first kappa shape index (κ1) is 17.8. The van der Waals surface area contributed by atoms with Crippen LogP contribution < -0.4 is 0 Å². The number of hydrogen-bond acceptors (Lipinski definition) is 4. The molecular formula is C20H30O4. The van der Waals surface area contributed by atoms with Crippen molar-refractivity contribution in [2.45, 2.75) is 71.5 Å². The lowest BCUT2D eigenvalue weighted by Gasteiger charge is -2.58. The molecule has 0 spiro atoms. The molecule has 0 amide bonds. The van der Waals surface area contributed by atoms with E-state index in [0.29, 0.717) is 24.9 Å². The van der Waals surface area contributed by atoms with E-state index in [9.17, 15) is 14.7 Å². The smallest absolute Gasteiger partial charge is 0.175 e. The van der Waals surface area contributed by atoms with Crippen LogP contribution in [0.5, 0.6) is 0 Å². The summed E-state index contributed by atoms with van der Waals surface area (Å²) in [6.07, 6.45) is 6.92. The number of epoxide rings is 1. The van der Waals surface area contributed by atoms with Crippen molar-refractivity contribution in [2.75, 3.05) is 6.61 Å². The molecule has 1 saturated carbocycles. The molecule has 134 valence electrons. The quantitative estimate of drug-likeness (QED) is 0.620. The van der Waals surface area contributed by atoms with E-state index in [4.69, 9.17) is 4.74 Å². The van der Waals surface area contributed by atoms with Gasteiger partial charge in [-0.2, -0.15) is 0 Å². The fourth-order valence-electron chi connectivity index (χ4n) is 5.54. The molecule has 6 atom stereocenters. The van der Waals surface area contributed by atoms with Gasteiger partial charge in [0.2, 0.25) is 0 Å². The maximum Gasteiger partial charge on any atom is 0.175 e. The van der Waals surface area contributed by atoms with Crippen molar-refractivity contribution in [1.29, 1.82) is 0 Å². The van der Waals surface area contributed by atoms with E-state index in [1.165, 1.54) is 6.92 Å². The molecule has 0 aromatic heterocycles. The summed E-state index contributed by atoms with van der Waals surface area (Å²) in [5.74, 6) is 0.706. The van der Waals surface area contributed by atoms with E-state index in [1.807, 2.05) is 0 Å². The van der Waals surface area contributed by atoms with E-state index in [0.717, 1.165) is 37.5 Å². The highest BCUT2D eigenvalue weighted by Gasteiger charge is 2.60. The highest BCUT2D eigenvalue weighted by atomic mass is 16.6. The Hall–Kier alpha value is -1.00. The van der Waals surface area contributed by atoms with Gasteiger partial charge in [0.05, 0.1) is 12.7 Å². The minimum absolute atomic E-state index is 0.0815. The van der Waals surface area contributed by atoms with Gasteiger partial charge >= 0.3 is 0 Å². The van der Waals surface area contributed by atoms with Crippen LogP contribution in [0.1, 0.15) is 59.8 Å². The van der Waals surface area contributed by atoms with Gasteiger partial charge in [0.15, 0.2) is 11.4 Å². The summed E-state index contributed by atoms with van der Waals surface area (Å²) >= 11 is 0. The molecule has 0 unspecified atom stereocenters. The molecule has 0 radical (unpaired) electrons. The third-order valence-electron chi connectivity index (χ3n) is 7.62. The predicted molar refractivity (Wildman–Crippen MR) is 91.5 cm³/mol. The Bertz CT molecular complexity index is 576. The van der Waals surface area contributed by atoms with E-state index in [-0.39, 0.29) is 16.6 Å². The van der Waals surface area contributed by atoms with Gasteiger partial charge in [-0.25, -0.2) is 0 Å². The Kier molecular flexibility index (Phi) is 4.28. The molecule has 1 saturated heterocycles. The number of fused-ring (bicyclic) bond motifs is 1. The monoisotopic (exact) mass is 334 g/mol. The van der Waals surface area contributed by atoms with Crippen molar-refractivity contribution in [3.05, 3.63) is 11.6 Å². The molecule has 3 rings (SSSR count). The van der Waals surface area contributed by atoms with Crippen molar-refractivity contribution >= 4 is 12.1 Å². The highest BCUT2D eigenvalue weighted by molar-refractivity contribution is 5.88. The van der Waals surface area contributed by atoms with Crippen LogP contribution in [0.25, 0.3) is 0 Å². The molecule has 1 aliphatic heterocycles. The number of ether oxygens (including phenoxy) is 1. The van der Waals surface area contributed by atoms with Crippen LogP contribution in [-0.2, 0) is 14.3 Å². The molecule has 1 N–H and O–H groups in total. The highest BCUT2D eigenvalue weighted by Crippen LogP contribution is 2.62. The van der Waals surface area contributed by atoms with E-state index < -0.39 is 11.7 Å². The topological polar surface area (TPSA) is 66.9 Å². The molecule has 24 heavy (non-hydrogen) atoms. The Morgan fingerprint density at radius 3 is 2.67 bits per heavy atom. The lowest BCUT2D eigenvalue weighted by atomic mass is 9.46. The number of rotatable bonds is 5. The van der Waals surface area contributed by atoms with Crippen molar-refractivity contribution in [3.8, 4) is 0 Å². The van der Waals surface area contributed by atoms with Gasteiger partial charge in [-0.15, -0.1) is 0 Å². The van der Waals surface area contributed by atoms with Crippen LogP contribution in [-0.4, -0.2) is 35.5 Å². The van der Waals surface area contributed by atoms with E-state index in [1.54, 1.807) is 0 Å². The maximum atomic E-state index is 11.9. The minimum atomic E-state index is -0.978. The molecule has 0 aromatic rings. The van der Waals surface area contributed by atoms with Crippen molar-refractivity contribution in [1.82, 2.24) is 0 Å². The zero-order valence-electron chi connectivity index (χ0n) is 15.3. The molecule has 1 heterocycles. The van der Waals surface area contributed by atoms with Gasteiger partial charge in [-0.05, 0) is 67.3 Å². The van der Waals surface area contributed by atoms with Crippen molar-refractivity contribution in [3.63, 3.8) is 0 Å². The summed E-state index contributed by atoms with van der Waals surface area (Å²) in [4.78, 5) is 23.5. The molecule has 0 aromatic carbocycles. The fourth-order valence-corrected chi connectivity index (χ4v) is 5.54. The first-order chi connectivity index (χ1) is 11.2. The summed E-state index contributed by atoms with van der Waals surface area (Å²) in [7, 11) is 0. The zero-order valence-corrected chi connectivity index (χ0v) is 15.3. The molecule has 4 heteroatoms. The number of ketones is 1. The molecule has 2 aliphatic carbocycles. The lowest BCUT2D eigenvalue weighted by molar-refractivity contribution is -0.130. The average Bonchev–Trinajstić information content (AvgIpc) is 3.33. The fraction of sp³-hybridized carbons (Fsp3) is 0.800. The summed E-state index contributed by atoms with van der Waals surface area (Å²) in [5, 5.41) is 10.8. The van der Waals surface area contributed by atoms with Crippen LogP contribution in [0.15, 0.2) is 11.6 Å². The minimum Gasteiger partial charge on any atom is -0.390 e. The molecule has 2 fully saturated rings. The van der Waals surface area contributed by atoms with Crippen LogP contribution in [0.4, 0.5) is 0 Å². The summed E-state index contributed by atoms with van der Waals surface area (Å²) in [6, 6.07) is 0. The first-order valence-corrected chi connectivity index (χ1v) is 9.19. The standard InChI is InChI=1S/C20H30O4/c1-13-8-9-18(3)15(11-21)6-5-7-16(18)19(13,4)10-17(23)20(12-24-20)14(2)22/h6,11,13,16-17,23H,5,7-10,12H2,1-4H3/t13-,16-,17-,18-,19-,20-/m1/s1. The van der Waals surface area contributed by atoms with E-state index in [2.05, 4.69) is 26.8 Å². The third kappa shape index (κ3) is 2.41. The number of carbonyl (C=O) groups excluding carboxylic acids is 2. The summed E-state index contributed by atoms with van der Waals surface area (Å²) < 4.78 is 5.38. The molecule has 0 bridgehead atoms. The second-order valence-electron chi connectivity index (χ2n) is 8.72. The first-order valence-electron chi connectivity index (χ1n) is 9.19. The normalized spacial score (nSPS) is 45.8. The second kappa shape index (κ2) is 5.77. The van der Waals surface area contributed by atoms with Crippen LogP contribution in [0.2, 0.25) is 0 Å². The van der Waals surface area contributed by atoms with Crippen molar-refractivity contribution in [2.24, 2.45) is 22.7 Å². The number of aliphatic hydroxyl groups is 1. The van der Waals surface area contributed by atoms with Gasteiger partial charge in [-0.1, -0.05) is 26.8 Å². The summed E-state index contributed by atoms with van der Waals surface area (Å²) in [6.45, 7) is 8.53. The van der Waals surface area contributed by atoms with Gasteiger partial charge in [0.25, 0.3) is 0 Å². The Balaban J connectivity index is 1.91. The summed E-state index contributed by atoms with van der Waals surface area (Å²) in [5.41, 5.74) is -0.275. The average molecular weight is 334 g/mol. The predicted octanol–water partition coefficient (Wildman–Crippen LogP) is 3.07. The largest absolute Gasteiger partial charge is 0.390 e. The van der Waals surface area contributed by atoms with Gasteiger partial charge in [0.1, 0.15) is 6.29 Å². The number of allylic oxidation sites excluding steroid dienone is 2. The molecule has 3 aliphatic rings. The van der Waals surface area contributed by atoms with E-state index >= 15 is 0 Å². The number of aldehydes is 1. The van der Waals surface area contributed by atoms with Crippen molar-refractivity contribution < 1.29 is 19.4 Å². The van der Waals surface area contributed by atoms with Crippen LogP contribution in [0, 0.1) is 22.7 Å². The Morgan fingerprint density at radius 1 is 1.46 bits per heavy atom. The number of Topliss-reactive ketones (excluding diaryl/α,β-unsaturated/α-hetero) is 1. The number of carbonyl (C=O) groups is 2. The van der Waals surface area contributed by atoms with Crippen LogP contribution >= 0.6 is 0 Å². The number of aliphatic hydroxyl groups excluding tert-OH is 1. The zero-order chi connectivity index (χ0) is 17.8. The molecular weight excluding hydrogens is 304 g/mol. The van der Waals surface area contributed by atoms with Gasteiger partial charge in [0, 0.05) is 0 Å². The van der Waals surface area contributed by atoms with Gasteiger partial charge in [-0.3, -0.25) is 9.59 Å². The maximum absolute atomic E-state index is 11.9. The Labute approximate surface area is 144 Å². The lowest BCUT2D eigenvalue weighted by Crippen LogP contribution is -2.53. The number of hydrogen-bond donors (Lipinski definition) is 1. The van der Waals surface area contributed by atoms with Gasteiger partial charge < -0.3 is 9.84 Å². The molecule has 4 nitrogen and oxygen atoms in total. The second-order valence-corrected chi connectivity index (χ2v) is 8.72. The Morgan fingerprint density at radius 2 is 2.12 bits per heavy atom. The van der Waals surface area contributed by atoms with Crippen LogP contribution in [0.3, 0.4) is 0 Å². The SMILES string of the molecule is CC(=O)[C@@]1([C@H](O)C[C@]2(C)[C@H](C)CC[C@]3(C)C(C=O)=CCC[C@@H]23)CO1. The third-order valence-corrected chi connectivity index (χ3v) is 7.62.